The smallest absolute Gasteiger partial charge is 0.362 e. The van der Waals surface area contributed by atoms with E-state index < -0.39 is 40.5 Å². The number of allylic oxidation sites excluding steroid dienone is 1. The summed E-state index contributed by atoms with van der Waals surface area (Å²) >= 11 is 0. The molecule has 0 fully saturated rings. The van der Waals surface area contributed by atoms with Crippen LogP contribution in [0.15, 0.2) is 12.2 Å². The molecule has 0 aliphatic carbocycles. The van der Waals surface area contributed by atoms with Crippen LogP contribution >= 0.6 is 0 Å². The molecule has 7 heteroatoms. The van der Waals surface area contributed by atoms with Crippen LogP contribution in [0.4, 0.5) is 0 Å². The highest BCUT2D eigenvalue weighted by molar-refractivity contribution is 5.77. The largest absolute Gasteiger partial charge is 0.544 e. The Morgan fingerprint density at radius 2 is 1.19 bits per heavy atom. The minimum atomic E-state index is -1.37. The van der Waals surface area contributed by atoms with Crippen molar-refractivity contribution in [2.75, 3.05) is 6.54 Å². The van der Waals surface area contributed by atoms with Crippen LogP contribution in [-0.2, 0) is 14.4 Å². The van der Waals surface area contributed by atoms with E-state index in [2.05, 4.69) is 6.92 Å². The van der Waals surface area contributed by atoms with Gasteiger partial charge in [-0.1, -0.05) is 65.9 Å². The Labute approximate surface area is 194 Å². The molecule has 0 aromatic heterocycles. The molecule has 0 aliphatic heterocycles. The summed E-state index contributed by atoms with van der Waals surface area (Å²) in [5.41, 5.74) is 0. The summed E-state index contributed by atoms with van der Waals surface area (Å²) in [5, 5.41) is 32.5. The van der Waals surface area contributed by atoms with Gasteiger partial charge in [-0.3, -0.25) is 4.48 Å². The van der Waals surface area contributed by atoms with Crippen LogP contribution in [0.25, 0.3) is 0 Å². The summed E-state index contributed by atoms with van der Waals surface area (Å²) in [5.74, 6) is -3.67. The average molecular weight is 456 g/mol. The van der Waals surface area contributed by atoms with Crippen molar-refractivity contribution in [3.63, 3.8) is 0 Å². The lowest BCUT2D eigenvalue weighted by atomic mass is 9.92. The summed E-state index contributed by atoms with van der Waals surface area (Å²) < 4.78 is -0.519. The number of carboxylic acid groups (broad SMARTS) is 3. The van der Waals surface area contributed by atoms with Gasteiger partial charge in [0.2, 0.25) is 0 Å². The van der Waals surface area contributed by atoms with Crippen molar-refractivity contribution in [2.45, 2.75) is 123 Å². The quantitative estimate of drug-likeness (QED) is 0.162. The molecule has 0 amide bonds. The first-order chi connectivity index (χ1) is 15.2. The second-order valence-corrected chi connectivity index (χ2v) is 8.76. The molecule has 2 N–H and O–H groups in total. The highest BCUT2D eigenvalue weighted by atomic mass is 16.4. The van der Waals surface area contributed by atoms with E-state index in [1.165, 1.54) is 19.3 Å². The lowest BCUT2D eigenvalue weighted by molar-refractivity contribution is -0.970. The summed E-state index contributed by atoms with van der Waals surface area (Å²) in [6.45, 7) is 7.70. The Morgan fingerprint density at radius 1 is 0.719 bits per heavy atom. The first-order valence-electron chi connectivity index (χ1n) is 12.4. The fourth-order valence-electron chi connectivity index (χ4n) is 4.79. The average Bonchev–Trinajstić information content (AvgIpc) is 2.73. The number of carboxylic acids is 3. The minimum absolute atomic E-state index is 0.0571. The van der Waals surface area contributed by atoms with Crippen molar-refractivity contribution in [3.8, 4) is 0 Å². The van der Waals surface area contributed by atoms with Crippen molar-refractivity contribution in [1.82, 2.24) is 0 Å². The standard InChI is InChI=1S/C25H45NO6/c1-5-9-10-11-12-13-14-15-19-26(20(16-6-2)23(27)28,21(17-7-3)24(29)30)22(18-8-4)25(31)32/h14-15,20-22H,5-13,16-19H2,1-4H3,(H2-,27,28,29,30,31,32)/b15-14+. The number of carbonyl (C=O) groups is 3. The van der Waals surface area contributed by atoms with E-state index in [0.717, 1.165) is 19.3 Å². The molecule has 7 nitrogen and oxygen atoms in total. The van der Waals surface area contributed by atoms with Gasteiger partial charge in [-0.05, 0) is 31.8 Å². The molecular weight excluding hydrogens is 410 g/mol. The fourth-order valence-corrected chi connectivity index (χ4v) is 4.79. The number of aliphatic carboxylic acids is 3. The van der Waals surface area contributed by atoms with Crippen molar-refractivity contribution in [1.29, 1.82) is 0 Å². The molecule has 0 saturated carbocycles. The molecule has 0 aromatic carbocycles. The molecule has 0 radical (unpaired) electrons. The summed E-state index contributed by atoms with van der Waals surface area (Å²) in [6.07, 6.45) is 12.3. The van der Waals surface area contributed by atoms with Crippen molar-refractivity contribution in [2.24, 2.45) is 0 Å². The van der Waals surface area contributed by atoms with E-state index in [1.54, 1.807) is 0 Å². The molecule has 0 saturated heterocycles. The van der Waals surface area contributed by atoms with Gasteiger partial charge in [0.15, 0.2) is 12.1 Å². The second kappa shape index (κ2) is 16.7. The predicted molar refractivity (Wildman–Crippen MR) is 124 cm³/mol. The van der Waals surface area contributed by atoms with E-state index in [9.17, 15) is 29.7 Å². The summed E-state index contributed by atoms with van der Waals surface area (Å²) in [7, 11) is 0. The first-order valence-corrected chi connectivity index (χ1v) is 12.4. The highest BCUT2D eigenvalue weighted by Crippen LogP contribution is 2.33. The SMILES string of the molecule is CCCCCCC/C=C/C[N+](C(CCC)C(=O)[O-])(C(CCC)C(=O)O)C(CCC)C(=O)O. The molecule has 0 bridgehead atoms. The molecule has 32 heavy (non-hydrogen) atoms. The second-order valence-electron chi connectivity index (χ2n) is 8.76. The van der Waals surface area contributed by atoms with Gasteiger partial charge in [-0.2, -0.15) is 0 Å². The maximum Gasteiger partial charge on any atom is 0.362 e. The topological polar surface area (TPSA) is 115 Å². The summed E-state index contributed by atoms with van der Waals surface area (Å²) in [4.78, 5) is 37.1. The van der Waals surface area contributed by atoms with Crippen LogP contribution in [-0.4, -0.2) is 57.3 Å². The normalized spacial score (nSPS) is 16.4. The van der Waals surface area contributed by atoms with Crippen molar-refractivity contribution < 1.29 is 34.2 Å². The summed E-state index contributed by atoms with van der Waals surface area (Å²) in [6, 6.07) is -3.46. The number of rotatable bonds is 20. The van der Waals surface area contributed by atoms with Crippen LogP contribution in [0.3, 0.4) is 0 Å². The molecule has 186 valence electrons. The lowest BCUT2D eigenvalue weighted by Crippen LogP contribution is -2.73. The molecule has 0 aromatic rings. The fraction of sp³-hybridized carbons (Fsp3) is 0.800. The minimum Gasteiger partial charge on any atom is -0.544 e. The van der Waals surface area contributed by atoms with E-state index in [1.807, 2.05) is 32.9 Å². The molecule has 0 spiro atoms. The highest BCUT2D eigenvalue weighted by Gasteiger charge is 2.54. The van der Waals surface area contributed by atoms with Gasteiger partial charge in [-0.15, -0.1) is 0 Å². The Balaban J connectivity index is 6.30. The Bertz CT molecular complexity index is 529. The Hall–Kier alpha value is -1.89. The maximum atomic E-state index is 12.4. The van der Waals surface area contributed by atoms with Gasteiger partial charge >= 0.3 is 11.9 Å². The Kier molecular flexibility index (Phi) is 15.7. The van der Waals surface area contributed by atoms with Crippen LogP contribution in [0.5, 0.6) is 0 Å². The number of quaternary nitrogens is 1. The van der Waals surface area contributed by atoms with Gasteiger partial charge in [0.1, 0.15) is 6.04 Å². The molecule has 0 heterocycles. The predicted octanol–water partition coefficient (Wildman–Crippen LogP) is 4.15. The number of nitrogens with zero attached hydrogens (tertiary/aromatic N) is 1. The number of carbonyl (C=O) groups excluding carboxylic acids is 1. The molecule has 3 unspecified atom stereocenters. The Morgan fingerprint density at radius 3 is 1.59 bits per heavy atom. The monoisotopic (exact) mass is 455 g/mol. The molecular formula is C25H45NO6. The van der Waals surface area contributed by atoms with Crippen molar-refractivity contribution in [3.05, 3.63) is 12.2 Å². The third-order valence-electron chi connectivity index (χ3n) is 6.33. The first kappa shape index (κ1) is 30.1. The number of hydrogen-bond donors (Lipinski definition) is 2. The van der Waals surface area contributed by atoms with E-state index >= 15 is 0 Å². The van der Waals surface area contributed by atoms with E-state index in [0.29, 0.717) is 19.3 Å². The van der Waals surface area contributed by atoms with Crippen LogP contribution in [0, 0.1) is 0 Å². The zero-order valence-electron chi connectivity index (χ0n) is 20.6. The van der Waals surface area contributed by atoms with Gasteiger partial charge in [0.25, 0.3) is 0 Å². The third-order valence-corrected chi connectivity index (χ3v) is 6.33. The van der Waals surface area contributed by atoms with Crippen LogP contribution in [0.1, 0.15) is 105 Å². The van der Waals surface area contributed by atoms with E-state index in [-0.39, 0.29) is 25.8 Å². The van der Waals surface area contributed by atoms with Gasteiger partial charge in [-0.25, -0.2) is 9.59 Å². The number of hydrogen-bond acceptors (Lipinski definition) is 4. The zero-order valence-corrected chi connectivity index (χ0v) is 20.6. The number of unbranched alkanes of at least 4 members (excludes halogenated alkanes) is 5. The van der Waals surface area contributed by atoms with Crippen molar-refractivity contribution >= 4 is 17.9 Å². The van der Waals surface area contributed by atoms with Gasteiger partial charge in [0.05, 0.1) is 12.5 Å². The third kappa shape index (κ3) is 8.93. The van der Waals surface area contributed by atoms with Crippen LogP contribution < -0.4 is 5.11 Å². The van der Waals surface area contributed by atoms with E-state index in [4.69, 9.17) is 0 Å². The molecule has 3 atom stereocenters. The van der Waals surface area contributed by atoms with Gasteiger partial charge in [0, 0.05) is 19.3 Å². The lowest BCUT2D eigenvalue weighted by Gasteiger charge is -2.51. The maximum absolute atomic E-state index is 12.4. The molecule has 0 rings (SSSR count). The van der Waals surface area contributed by atoms with Crippen LogP contribution in [0.2, 0.25) is 0 Å². The molecule has 0 aliphatic rings. The van der Waals surface area contributed by atoms with Gasteiger partial charge < -0.3 is 20.1 Å². The zero-order chi connectivity index (χ0) is 24.6.